The number of carbonyl (C=O) groups excluding carboxylic acids is 2. The Bertz CT molecular complexity index is 1100. The smallest absolute Gasteiger partial charge is 0.375 e. The third-order valence-corrected chi connectivity index (χ3v) is 4.10. The van der Waals surface area contributed by atoms with Gasteiger partial charge in [-0.3, -0.25) is 9.59 Å². The predicted octanol–water partition coefficient (Wildman–Crippen LogP) is 3.29. The first-order valence-electron chi connectivity index (χ1n) is 8.58. The van der Waals surface area contributed by atoms with Gasteiger partial charge in [-0.1, -0.05) is 23.8 Å². The summed E-state index contributed by atoms with van der Waals surface area (Å²) in [5.74, 6) is -1.23. The van der Waals surface area contributed by atoms with Crippen LogP contribution in [0.5, 0.6) is 5.75 Å². The number of rotatable bonds is 5. The lowest BCUT2D eigenvalue weighted by Gasteiger charge is -2.15. The standard InChI is InChI=1S/C21H19NO6/c1-12-8-9-17-14(10-12)16(23)11-19(28-17)21(25)27-13(2)20(24)22-15-6-4-5-7-18(15)26-3/h4-11,13H,1-3H3,(H,22,24)/t13-/m1/s1. The van der Waals surface area contributed by atoms with Crippen molar-refractivity contribution in [3.8, 4) is 5.75 Å². The summed E-state index contributed by atoms with van der Waals surface area (Å²) in [6.07, 6.45) is -1.11. The number of amides is 1. The molecule has 0 aliphatic carbocycles. The first-order chi connectivity index (χ1) is 13.4. The van der Waals surface area contributed by atoms with Crippen molar-refractivity contribution in [3.05, 3.63) is 70.1 Å². The van der Waals surface area contributed by atoms with Gasteiger partial charge in [-0.25, -0.2) is 4.79 Å². The zero-order valence-corrected chi connectivity index (χ0v) is 15.6. The van der Waals surface area contributed by atoms with E-state index in [1.54, 1.807) is 42.5 Å². The second kappa shape index (κ2) is 7.96. The molecule has 28 heavy (non-hydrogen) atoms. The lowest BCUT2D eigenvalue weighted by molar-refractivity contribution is -0.123. The van der Waals surface area contributed by atoms with Crippen molar-refractivity contribution in [2.24, 2.45) is 0 Å². The van der Waals surface area contributed by atoms with Gasteiger partial charge in [-0.15, -0.1) is 0 Å². The summed E-state index contributed by atoms with van der Waals surface area (Å²) in [6.45, 7) is 3.27. The van der Waals surface area contributed by atoms with E-state index in [-0.39, 0.29) is 16.8 Å². The van der Waals surface area contributed by atoms with Crippen LogP contribution < -0.4 is 15.5 Å². The number of hydrogen-bond acceptors (Lipinski definition) is 6. The Balaban J connectivity index is 1.75. The summed E-state index contributed by atoms with van der Waals surface area (Å²) >= 11 is 0. The van der Waals surface area contributed by atoms with E-state index in [4.69, 9.17) is 13.9 Å². The van der Waals surface area contributed by atoms with Crippen LogP contribution in [0.2, 0.25) is 0 Å². The molecular weight excluding hydrogens is 362 g/mol. The van der Waals surface area contributed by atoms with Gasteiger partial charge in [-0.2, -0.15) is 0 Å². The lowest BCUT2D eigenvalue weighted by Crippen LogP contribution is -2.30. The Morgan fingerprint density at radius 1 is 1.11 bits per heavy atom. The molecule has 0 saturated carbocycles. The van der Waals surface area contributed by atoms with Crippen LogP contribution in [-0.4, -0.2) is 25.1 Å². The van der Waals surface area contributed by atoms with Gasteiger partial charge in [-0.05, 0) is 38.1 Å². The maximum absolute atomic E-state index is 12.3. The first kappa shape index (κ1) is 19.2. The number of methoxy groups -OCH3 is 1. The second-order valence-corrected chi connectivity index (χ2v) is 6.21. The van der Waals surface area contributed by atoms with E-state index in [2.05, 4.69) is 5.32 Å². The summed E-state index contributed by atoms with van der Waals surface area (Å²) in [5, 5.41) is 3.01. The number of fused-ring (bicyclic) bond motifs is 1. The molecule has 1 N–H and O–H groups in total. The molecule has 0 aliphatic rings. The van der Waals surface area contributed by atoms with Gasteiger partial charge < -0.3 is 19.2 Å². The largest absolute Gasteiger partial charge is 0.495 e. The number of aryl methyl sites for hydroxylation is 1. The van der Waals surface area contributed by atoms with Crippen molar-refractivity contribution >= 4 is 28.5 Å². The van der Waals surface area contributed by atoms with Gasteiger partial charge in [0, 0.05) is 6.07 Å². The van der Waals surface area contributed by atoms with Gasteiger partial charge in [0.15, 0.2) is 11.5 Å². The van der Waals surface area contributed by atoms with Crippen molar-refractivity contribution in [2.75, 3.05) is 12.4 Å². The van der Waals surface area contributed by atoms with Gasteiger partial charge in [0.25, 0.3) is 5.91 Å². The van der Waals surface area contributed by atoms with E-state index in [0.717, 1.165) is 11.6 Å². The van der Waals surface area contributed by atoms with E-state index in [0.29, 0.717) is 16.8 Å². The number of hydrogen-bond donors (Lipinski definition) is 1. The number of anilines is 1. The SMILES string of the molecule is COc1ccccc1NC(=O)[C@@H](C)OC(=O)c1cc(=O)c2cc(C)ccc2o1. The van der Waals surface area contributed by atoms with Crippen LogP contribution in [0.15, 0.2) is 57.7 Å². The molecule has 7 heteroatoms. The molecule has 0 bridgehead atoms. The Morgan fingerprint density at radius 3 is 2.61 bits per heavy atom. The van der Waals surface area contributed by atoms with Crippen LogP contribution in [0.3, 0.4) is 0 Å². The van der Waals surface area contributed by atoms with Crippen LogP contribution in [0.25, 0.3) is 11.0 Å². The molecule has 3 rings (SSSR count). The Labute approximate surface area is 160 Å². The van der Waals surface area contributed by atoms with Gasteiger partial charge in [0.2, 0.25) is 5.76 Å². The Morgan fingerprint density at radius 2 is 1.86 bits per heavy atom. The summed E-state index contributed by atoms with van der Waals surface area (Å²) in [6, 6.07) is 13.0. The highest BCUT2D eigenvalue weighted by Gasteiger charge is 2.22. The van der Waals surface area contributed by atoms with E-state index < -0.39 is 18.0 Å². The molecule has 0 fully saturated rings. The fraction of sp³-hybridized carbons (Fsp3) is 0.190. The lowest BCUT2D eigenvalue weighted by atomic mass is 10.1. The fourth-order valence-electron chi connectivity index (χ4n) is 2.63. The second-order valence-electron chi connectivity index (χ2n) is 6.21. The average Bonchev–Trinajstić information content (AvgIpc) is 2.68. The van der Waals surface area contributed by atoms with Gasteiger partial charge in [0.05, 0.1) is 18.2 Å². The molecule has 1 aromatic heterocycles. The van der Waals surface area contributed by atoms with Crippen LogP contribution in [-0.2, 0) is 9.53 Å². The van der Waals surface area contributed by atoms with Crippen molar-refractivity contribution in [1.82, 2.24) is 0 Å². The highest BCUT2D eigenvalue weighted by molar-refractivity contribution is 5.97. The molecule has 0 saturated heterocycles. The minimum atomic E-state index is -1.11. The van der Waals surface area contributed by atoms with Crippen molar-refractivity contribution < 1.29 is 23.5 Å². The number of para-hydroxylation sites is 2. The molecule has 7 nitrogen and oxygen atoms in total. The minimum Gasteiger partial charge on any atom is -0.495 e. The molecule has 0 radical (unpaired) electrons. The first-order valence-corrected chi connectivity index (χ1v) is 8.58. The normalized spacial score (nSPS) is 11.7. The molecule has 2 aromatic carbocycles. The van der Waals surface area contributed by atoms with E-state index in [1.807, 2.05) is 6.92 Å². The zero-order valence-electron chi connectivity index (χ0n) is 15.6. The van der Waals surface area contributed by atoms with Gasteiger partial charge in [0.1, 0.15) is 11.3 Å². The molecule has 0 spiro atoms. The van der Waals surface area contributed by atoms with Crippen LogP contribution >= 0.6 is 0 Å². The summed E-state index contributed by atoms with van der Waals surface area (Å²) in [4.78, 5) is 36.9. The van der Waals surface area contributed by atoms with Crippen molar-refractivity contribution in [3.63, 3.8) is 0 Å². The van der Waals surface area contributed by atoms with Crippen molar-refractivity contribution in [1.29, 1.82) is 0 Å². The molecule has 1 amide bonds. The fourth-order valence-corrected chi connectivity index (χ4v) is 2.63. The van der Waals surface area contributed by atoms with E-state index in [9.17, 15) is 14.4 Å². The van der Waals surface area contributed by atoms with Gasteiger partial charge >= 0.3 is 5.97 Å². The zero-order chi connectivity index (χ0) is 20.3. The summed E-state index contributed by atoms with van der Waals surface area (Å²) in [5.41, 5.74) is 1.27. The number of ether oxygens (including phenoxy) is 2. The molecular formula is C21H19NO6. The van der Waals surface area contributed by atoms with Crippen LogP contribution in [0.1, 0.15) is 23.0 Å². The molecule has 3 aromatic rings. The molecule has 1 heterocycles. The minimum absolute atomic E-state index is 0.265. The quantitative estimate of drug-likeness (QED) is 0.682. The number of nitrogens with one attached hydrogen (secondary N) is 1. The van der Waals surface area contributed by atoms with Crippen molar-refractivity contribution in [2.45, 2.75) is 20.0 Å². The summed E-state index contributed by atoms with van der Waals surface area (Å²) < 4.78 is 15.8. The highest BCUT2D eigenvalue weighted by atomic mass is 16.6. The molecule has 0 unspecified atom stereocenters. The predicted molar refractivity (Wildman–Crippen MR) is 104 cm³/mol. The topological polar surface area (TPSA) is 94.8 Å². The van der Waals surface area contributed by atoms with E-state index >= 15 is 0 Å². The number of benzene rings is 2. The van der Waals surface area contributed by atoms with Crippen LogP contribution in [0.4, 0.5) is 5.69 Å². The average molecular weight is 381 g/mol. The maximum atomic E-state index is 12.3. The number of carbonyl (C=O) groups is 2. The third kappa shape index (κ3) is 4.03. The third-order valence-electron chi connectivity index (χ3n) is 4.10. The number of esters is 1. The Hall–Kier alpha value is -3.61. The maximum Gasteiger partial charge on any atom is 0.375 e. The molecule has 0 aliphatic heterocycles. The monoisotopic (exact) mass is 381 g/mol. The molecule has 1 atom stereocenters. The van der Waals surface area contributed by atoms with Crippen LogP contribution in [0, 0.1) is 6.92 Å². The van der Waals surface area contributed by atoms with E-state index in [1.165, 1.54) is 14.0 Å². The highest BCUT2D eigenvalue weighted by Crippen LogP contribution is 2.23. The Kier molecular flexibility index (Phi) is 5.44. The molecule has 144 valence electrons. The summed E-state index contributed by atoms with van der Waals surface area (Å²) in [7, 11) is 1.48.